The number of amides is 1. The van der Waals surface area contributed by atoms with Crippen molar-refractivity contribution in [3.63, 3.8) is 0 Å². The largest absolute Gasteiger partial charge is 0.339 e. The molecular weight excluding hydrogens is 350 g/mol. The molecule has 1 amide bonds. The topological polar surface area (TPSA) is 59.2 Å². The van der Waals surface area contributed by atoms with Crippen LogP contribution in [0.1, 0.15) is 29.4 Å². The van der Waals surface area contributed by atoms with Gasteiger partial charge in [0.25, 0.3) is 0 Å². The summed E-state index contributed by atoms with van der Waals surface area (Å²) in [7, 11) is 0. The van der Waals surface area contributed by atoms with E-state index in [0.29, 0.717) is 29.7 Å². The highest BCUT2D eigenvalue weighted by atomic mass is 35.5. The van der Waals surface area contributed by atoms with Crippen LogP contribution in [-0.4, -0.2) is 22.6 Å². The molecule has 0 aliphatic carbocycles. The van der Waals surface area contributed by atoms with Gasteiger partial charge in [0, 0.05) is 29.2 Å². The molecule has 6 heteroatoms. The second kappa shape index (κ2) is 6.57. The van der Waals surface area contributed by atoms with Crippen molar-refractivity contribution >= 4 is 23.2 Å². The predicted octanol–water partition coefficient (Wildman–Crippen LogP) is 4.53. The minimum absolute atomic E-state index is 0.0736. The highest BCUT2D eigenvalue weighted by molar-refractivity contribution is 6.30. The quantitative estimate of drug-likeness (QED) is 0.682. The summed E-state index contributed by atoms with van der Waals surface area (Å²) in [6, 6.07) is 13.4. The van der Waals surface area contributed by atoms with Gasteiger partial charge < -0.3 is 9.42 Å². The number of benzene rings is 2. The fraction of sp³-hybridized carbons (Fsp3) is 0.250. The molecule has 1 aromatic heterocycles. The summed E-state index contributed by atoms with van der Waals surface area (Å²) in [6.07, 6.45) is 0.366. The Morgan fingerprint density at radius 1 is 1.19 bits per heavy atom. The fourth-order valence-corrected chi connectivity index (χ4v) is 3.55. The Hall–Kier alpha value is -2.66. The number of rotatable bonds is 3. The maximum absolute atomic E-state index is 12.5. The van der Waals surface area contributed by atoms with Crippen molar-refractivity contribution in [1.82, 2.24) is 10.1 Å². The van der Waals surface area contributed by atoms with Gasteiger partial charge in [0.15, 0.2) is 0 Å². The monoisotopic (exact) mass is 367 g/mol. The second-order valence-corrected chi connectivity index (χ2v) is 7.10. The molecule has 0 saturated carbocycles. The number of hydrogen-bond acceptors (Lipinski definition) is 4. The molecule has 4 rings (SSSR count). The number of aromatic nitrogens is 2. The lowest BCUT2D eigenvalue weighted by atomic mass is 10.1. The first kappa shape index (κ1) is 16.8. The predicted molar refractivity (Wildman–Crippen MR) is 100 cm³/mol. The number of anilines is 1. The minimum Gasteiger partial charge on any atom is -0.339 e. The Kier molecular flexibility index (Phi) is 4.24. The van der Waals surface area contributed by atoms with E-state index in [4.69, 9.17) is 16.1 Å². The highest BCUT2D eigenvalue weighted by Crippen LogP contribution is 2.33. The lowest BCUT2D eigenvalue weighted by molar-refractivity contribution is -0.117. The zero-order valence-electron chi connectivity index (χ0n) is 14.6. The summed E-state index contributed by atoms with van der Waals surface area (Å²) in [5.74, 6) is 0.939. The Labute approximate surface area is 156 Å². The van der Waals surface area contributed by atoms with Crippen molar-refractivity contribution in [2.45, 2.75) is 26.2 Å². The number of carbonyl (C=O) groups excluding carboxylic acids is 1. The van der Waals surface area contributed by atoms with Crippen LogP contribution >= 0.6 is 11.6 Å². The molecule has 0 spiro atoms. The van der Waals surface area contributed by atoms with Gasteiger partial charge in [0.05, 0.1) is 5.92 Å². The van der Waals surface area contributed by atoms with Crippen LogP contribution in [0.3, 0.4) is 0 Å². The molecule has 132 valence electrons. The van der Waals surface area contributed by atoms with Crippen molar-refractivity contribution in [3.05, 3.63) is 64.5 Å². The lowest BCUT2D eigenvalue weighted by Gasteiger charge is -2.19. The molecule has 0 N–H and O–H groups in total. The molecule has 2 heterocycles. The zero-order chi connectivity index (χ0) is 18.3. The van der Waals surface area contributed by atoms with E-state index < -0.39 is 0 Å². The summed E-state index contributed by atoms with van der Waals surface area (Å²) < 4.78 is 5.44. The Balaban J connectivity index is 1.58. The zero-order valence-corrected chi connectivity index (χ0v) is 15.3. The van der Waals surface area contributed by atoms with E-state index in [2.05, 4.69) is 16.2 Å². The van der Waals surface area contributed by atoms with Gasteiger partial charge in [0.1, 0.15) is 0 Å². The average Bonchev–Trinajstić information content (AvgIpc) is 3.22. The molecule has 3 aromatic rings. The van der Waals surface area contributed by atoms with Crippen LogP contribution in [0.15, 0.2) is 47.0 Å². The van der Waals surface area contributed by atoms with E-state index in [0.717, 1.165) is 16.8 Å². The van der Waals surface area contributed by atoms with Crippen LogP contribution in [0.4, 0.5) is 5.69 Å². The molecule has 1 fully saturated rings. The molecule has 0 unspecified atom stereocenters. The number of nitrogens with zero attached hydrogens (tertiary/aromatic N) is 3. The van der Waals surface area contributed by atoms with Gasteiger partial charge in [-0.3, -0.25) is 4.79 Å². The highest BCUT2D eigenvalue weighted by Gasteiger charge is 2.35. The van der Waals surface area contributed by atoms with E-state index >= 15 is 0 Å². The molecule has 1 saturated heterocycles. The number of halogens is 1. The van der Waals surface area contributed by atoms with Crippen molar-refractivity contribution < 1.29 is 9.32 Å². The number of hydrogen-bond donors (Lipinski definition) is 0. The van der Waals surface area contributed by atoms with Gasteiger partial charge in [-0.25, -0.2) is 0 Å². The molecule has 0 radical (unpaired) electrons. The van der Waals surface area contributed by atoms with Crippen molar-refractivity contribution in [3.8, 4) is 11.4 Å². The molecule has 1 aliphatic heterocycles. The van der Waals surface area contributed by atoms with Crippen molar-refractivity contribution in [2.75, 3.05) is 11.4 Å². The van der Waals surface area contributed by atoms with E-state index in [1.165, 1.54) is 5.56 Å². The van der Waals surface area contributed by atoms with E-state index in [-0.39, 0.29) is 11.8 Å². The first-order valence-electron chi connectivity index (χ1n) is 8.48. The standard InChI is InChI=1S/C20H18ClN3O2/c1-12-6-7-17(13(2)8-12)24-11-15(10-18(24)25)20-22-19(23-26-20)14-4-3-5-16(21)9-14/h3-9,15H,10-11H2,1-2H3/t15-/m1/s1. The molecule has 26 heavy (non-hydrogen) atoms. The Morgan fingerprint density at radius 2 is 2.04 bits per heavy atom. The summed E-state index contributed by atoms with van der Waals surface area (Å²) in [6.45, 7) is 4.61. The van der Waals surface area contributed by atoms with Gasteiger partial charge in [-0.1, -0.05) is 46.6 Å². The van der Waals surface area contributed by atoms with Crippen LogP contribution in [0, 0.1) is 13.8 Å². The summed E-state index contributed by atoms with van der Waals surface area (Å²) in [5, 5.41) is 4.67. The molecule has 5 nitrogen and oxygen atoms in total. The van der Waals surface area contributed by atoms with Crippen molar-refractivity contribution in [1.29, 1.82) is 0 Å². The SMILES string of the molecule is Cc1ccc(N2C[C@H](c3nc(-c4cccc(Cl)c4)no3)CC2=O)c(C)c1. The van der Waals surface area contributed by atoms with Crippen LogP contribution in [0.5, 0.6) is 0 Å². The third kappa shape index (κ3) is 3.10. The first-order chi connectivity index (χ1) is 12.5. The van der Waals surface area contributed by atoms with Gasteiger partial charge in [-0.05, 0) is 37.6 Å². The van der Waals surface area contributed by atoms with Crippen LogP contribution < -0.4 is 4.90 Å². The van der Waals surface area contributed by atoms with E-state index in [1.54, 1.807) is 12.1 Å². The minimum atomic E-state index is -0.108. The summed E-state index contributed by atoms with van der Waals surface area (Å²) >= 11 is 6.02. The third-order valence-electron chi connectivity index (χ3n) is 4.64. The maximum Gasteiger partial charge on any atom is 0.232 e. The van der Waals surface area contributed by atoms with Crippen LogP contribution in [-0.2, 0) is 4.79 Å². The lowest BCUT2D eigenvalue weighted by Crippen LogP contribution is -2.25. The van der Waals surface area contributed by atoms with Crippen LogP contribution in [0.2, 0.25) is 5.02 Å². The molecule has 0 bridgehead atoms. The molecule has 1 aliphatic rings. The summed E-state index contributed by atoms with van der Waals surface area (Å²) in [4.78, 5) is 18.8. The average molecular weight is 368 g/mol. The van der Waals surface area contributed by atoms with Crippen LogP contribution in [0.25, 0.3) is 11.4 Å². The van der Waals surface area contributed by atoms with Gasteiger partial charge in [0.2, 0.25) is 17.6 Å². The van der Waals surface area contributed by atoms with Gasteiger partial charge in [-0.2, -0.15) is 4.98 Å². The second-order valence-electron chi connectivity index (χ2n) is 6.66. The molecular formula is C20H18ClN3O2. The molecule has 1 atom stereocenters. The smallest absolute Gasteiger partial charge is 0.232 e. The number of carbonyl (C=O) groups is 1. The van der Waals surface area contributed by atoms with E-state index in [9.17, 15) is 4.79 Å². The summed E-state index contributed by atoms with van der Waals surface area (Å²) in [5.41, 5.74) is 4.00. The number of aryl methyl sites for hydroxylation is 2. The fourth-order valence-electron chi connectivity index (χ4n) is 3.36. The first-order valence-corrected chi connectivity index (χ1v) is 8.86. The Bertz CT molecular complexity index is 983. The normalized spacial score (nSPS) is 17.1. The maximum atomic E-state index is 12.5. The Morgan fingerprint density at radius 3 is 2.81 bits per heavy atom. The molecule has 2 aromatic carbocycles. The van der Waals surface area contributed by atoms with Gasteiger partial charge in [-0.15, -0.1) is 0 Å². The van der Waals surface area contributed by atoms with Crippen molar-refractivity contribution in [2.24, 2.45) is 0 Å². The third-order valence-corrected chi connectivity index (χ3v) is 4.88. The van der Waals surface area contributed by atoms with Gasteiger partial charge >= 0.3 is 0 Å². The van der Waals surface area contributed by atoms with E-state index in [1.807, 2.05) is 43.0 Å².